The van der Waals surface area contributed by atoms with Gasteiger partial charge in [-0.15, -0.1) is 0 Å². The first-order chi connectivity index (χ1) is 25.5. The van der Waals surface area contributed by atoms with Crippen LogP contribution in [0, 0.1) is 5.92 Å². The Kier molecular flexibility index (Phi) is 13.7. The summed E-state index contributed by atoms with van der Waals surface area (Å²) in [5.41, 5.74) is 5.93. The zero-order chi connectivity index (χ0) is 37.9. The Bertz CT molecular complexity index is 1740. The van der Waals surface area contributed by atoms with Crippen molar-refractivity contribution in [1.82, 2.24) is 19.6 Å². The molecule has 0 aromatic heterocycles. The summed E-state index contributed by atoms with van der Waals surface area (Å²) < 4.78 is 5.36. The third-order valence-electron chi connectivity index (χ3n) is 9.86. The van der Waals surface area contributed by atoms with E-state index in [0.717, 1.165) is 45.8 Å². The number of hydrogen-bond acceptors (Lipinski definition) is 8. The molecule has 0 bridgehead atoms. The van der Waals surface area contributed by atoms with E-state index in [1.165, 1.54) is 0 Å². The number of ether oxygens (including phenoxy) is 1. The zero-order valence-electron chi connectivity index (χ0n) is 31.8. The first-order valence-corrected chi connectivity index (χ1v) is 18.2. The molecule has 282 valence electrons. The Labute approximate surface area is 314 Å². The number of aliphatic hydroxyl groups excluding tert-OH is 1. The Balaban J connectivity index is 1.22. The number of piperazine rings is 1. The number of rotatable bonds is 16. The van der Waals surface area contributed by atoms with Gasteiger partial charge in [0.05, 0.1) is 33.4 Å². The fourth-order valence-electron chi connectivity index (χ4n) is 6.53. The van der Waals surface area contributed by atoms with Crippen LogP contribution in [0.25, 0.3) is 0 Å². The van der Waals surface area contributed by atoms with Crippen LogP contribution in [0.5, 0.6) is 0 Å². The van der Waals surface area contributed by atoms with Crippen LogP contribution in [0.3, 0.4) is 0 Å². The number of hydrogen-bond donors (Lipinski definition) is 1. The highest BCUT2D eigenvalue weighted by atomic mass is 16.5. The van der Waals surface area contributed by atoms with Crippen molar-refractivity contribution < 1.29 is 24.2 Å². The van der Waals surface area contributed by atoms with E-state index in [1.54, 1.807) is 16.9 Å². The molecule has 1 fully saturated rings. The lowest BCUT2D eigenvalue weighted by Gasteiger charge is -2.36. The summed E-state index contributed by atoms with van der Waals surface area (Å²) in [5, 5.41) is 9.48. The summed E-state index contributed by atoms with van der Waals surface area (Å²) in [7, 11) is 9.63. The summed E-state index contributed by atoms with van der Waals surface area (Å²) in [6.07, 6.45) is 6.88. The van der Waals surface area contributed by atoms with Gasteiger partial charge in [0, 0.05) is 78.8 Å². The standard InChI is InChI=1S/C42H54N6O5/c1-43(2)37-16-10-33(11-17-37)25-47(27-35-14-20-39(53-5)21-15-35)41(51)29-45-22-23-46(40(50)28-45)30-42(52)48(24-32-6-8-36(31-49)9-7-32)26-34-12-18-38(19-13-34)44(3)4/h6-14,16-21,35,49H,15,22-31H2,1-5H3. The van der Waals surface area contributed by atoms with E-state index in [0.29, 0.717) is 39.3 Å². The van der Waals surface area contributed by atoms with Crippen molar-refractivity contribution in [2.75, 3.05) is 84.4 Å². The summed E-state index contributed by atoms with van der Waals surface area (Å²) in [4.78, 5) is 52.5. The molecule has 1 aliphatic carbocycles. The molecule has 1 unspecified atom stereocenters. The fraction of sp³-hybridized carbons (Fsp3) is 0.405. The first kappa shape index (κ1) is 39.1. The third-order valence-corrected chi connectivity index (χ3v) is 9.86. The van der Waals surface area contributed by atoms with E-state index in [4.69, 9.17) is 4.74 Å². The monoisotopic (exact) mass is 722 g/mol. The van der Waals surface area contributed by atoms with Gasteiger partial charge in [0.15, 0.2) is 0 Å². The van der Waals surface area contributed by atoms with Gasteiger partial charge in [0.2, 0.25) is 17.7 Å². The minimum atomic E-state index is -0.168. The second-order valence-electron chi connectivity index (χ2n) is 14.3. The number of amides is 3. The van der Waals surface area contributed by atoms with Crippen LogP contribution in [0.2, 0.25) is 0 Å². The molecular formula is C42H54N6O5. The highest BCUT2D eigenvalue weighted by molar-refractivity contribution is 5.87. The van der Waals surface area contributed by atoms with Crippen LogP contribution in [0.1, 0.15) is 28.7 Å². The molecule has 1 atom stereocenters. The number of aliphatic hydroxyl groups is 1. The Morgan fingerprint density at radius 3 is 1.72 bits per heavy atom. The molecule has 1 aliphatic heterocycles. The van der Waals surface area contributed by atoms with Crippen molar-refractivity contribution in [1.29, 1.82) is 0 Å². The van der Waals surface area contributed by atoms with Crippen molar-refractivity contribution in [3.63, 3.8) is 0 Å². The van der Waals surface area contributed by atoms with Crippen LogP contribution in [-0.4, -0.2) is 117 Å². The quantitative estimate of drug-likeness (QED) is 0.236. The highest BCUT2D eigenvalue weighted by Gasteiger charge is 2.30. The predicted molar refractivity (Wildman–Crippen MR) is 209 cm³/mol. The summed E-state index contributed by atoms with van der Waals surface area (Å²) >= 11 is 0. The van der Waals surface area contributed by atoms with Gasteiger partial charge in [-0.05, 0) is 71.0 Å². The molecule has 11 heteroatoms. The molecular weight excluding hydrogens is 668 g/mol. The van der Waals surface area contributed by atoms with Gasteiger partial charge in [-0.1, -0.05) is 54.6 Å². The van der Waals surface area contributed by atoms with Gasteiger partial charge in [-0.3, -0.25) is 19.3 Å². The molecule has 0 radical (unpaired) electrons. The number of nitrogens with zero attached hydrogens (tertiary/aromatic N) is 6. The maximum Gasteiger partial charge on any atom is 0.242 e. The largest absolute Gasteiger partial charge is 0.497 e. The second kappa shape index (κ2) is 18.6. The van der Waals surface area contributed by atoms with Crippen molar-refractivity contribution in [3.05, 3.63) is 119 Å². The predicted octanol–water partition coefficient (Wildman–Crippen LogP) is 4.12. The number of methoxy groups -OCH3 is 1. The summed E-state index contributed by atoms with van der Waals surface area (Å²) in [6.45, 7) is 2.75. The van der Waals surface area contributed by atoms with Gasteiger partial charge >= 0.3 is 0 Å². The summed E-state index contributed by atoms with van der Waals surface area (Å²) in [5.74, 6) is 0.631. The second-order valence-corrected chi connectivity index (χ2v) is 14.3. The average Bonchev–Trinajstić information content (AvgIpc) is 3.16. The van der Waals surface area contributed by atoms with Crippen LogP contribution < -0.4 is 9.80 Å². The van der Waals surface area contributed by atoms with Gasteiger partial charge in [0.1, 0.15) is 5.76 Å². The van der Waals surface area contributed by atoms with Crippen molar-refractivity contribution in [3.8, 4) is 0 Å². The van der Waals surface area contributed by atoms with Crippen LogP contribution >= 0.6 is 0 Å². The lowest BCUT2D eigenvalue weighted by atomic mass is 9.99. The molecule has 1 heterocycles. The molecule has 1 N–H and O–H groups in total. The first-order valence-electron chi connectivity index (χ1n) is 18.2. The topological polar surface area (TPSA) is 100 Å². The van der Waals surface area contributed by atoms with Crippen LogP contribution in [0.15, 0.2) is 96.8 Å². The molecule has 0 saturated carbocycles. The van der Waals surface area contributed by atoms with E-state index in [9.17, 15) is 19.5 Å². The maximum atomic E-state index is 13.9. The Morgan fingerprint density at radius 1 is 0.736 bits per heavy atom. The van der Waals surface area contributed by atoms with Crippen molar-refractivity contribution in [2.24, 2.45) is 5.92 Å². The third kappa shape index (κ3) is 11.2. The molecule has 3 aromatic rings. The summed E-state index contributed by atoms with van der Waals surface area (Å²) in [6, 6.07) is 23.9. The zero-order valence-corrected chi connectivity index (χ0v) is 31.8. The van der Waals surface area contributed by atoms with Gasteiger partial charge in [-0.25, -0.2) is 0 Å². The number of anilines is 2. The lowest BCUT2D eigenvalue weighted by Crippen LogP contribution is -2.55. The molecule has 11 nitrogen and oxygen atoms in total. The molecule has 0 spiro atoms. The molecule has 3 aromatic carbocycles. The minimum absolute atomic E-state index is 0.0346. The van der Waals surface area contributed by atoms with Gasteiger partial charge < -0.3 is 34.3 Å². The average molecular weight is 723 g/mol. The van der Waals surface area contributed by atoms with E-state index in [-0.39, 0.29) is 49.9 Å². The van der Waals surface area contributed by atoms with E-state index < -0.39 is 0 Å². The maximum absolute atomic E-state index is 13.9. The minimum Gasteiger partial charge on any atom is -0.497 e. The molecule has 5 rings (SSSR count). The fourth-order valence-corrected chi connectivity index (χ4v) is 6.53. The Morgan fingerprint density at radius 2 is 1.25 bits per heavy atom. The van der Waals surface area contributed by atoms with E-state index >= 15 is 0 Å². The molecule has 53 heavy (non-hydrogen) atoms. The highest BCUT2D eigenvalue weighted by Crippen LogP contribution is 2.21. The van der Waals surface area contributed by atoms with Crippen LogP contribution in [0.4, 0.5) is 11.4 Å². The van der Waals surface area contributed by atoms with Gasteiger partial charge in [0.25, 0.3) is 0 Å². The van der Waals surface area contributed by atoms with Crippen molar-refractivity contribution >= 4 is 29.1 Å². The van der Waals surface area contributed by atoms with Gasteiger partial charge in [-0.2, -0.15) is 0 Å². The number of benzene rings is 3. The molecule has 2 aliphatic rings. The SMILES string of the molecule is COC1=CCC(CN(Cc2ccc(N(C)C)cc2)C(=O)CN2CCN(CC(=O)N(Cc3ccc(CO)cc3)Cc3ccc(N(C)C)cc3)C(=O)C2)C=C1. The Hall–Kier alpha value is -5.13. The van der Waals surface area contributed by atoms with Crippen molar-refractivity contribution in [2.45, 2.75) is 32.7 Å². The number of carbonyl (C=O) groups excluding carboxylic acids is 3. The van der Waals surface area contributed by atoms with Crippen LogP contribution in [-0.2, 0) is 45.4 Å². The molecule has 3 amide bonds. The smallest absolute Gasteiger partial charge is 0.242 e. The normalized spacial score (nSPS) is 15.9. The van der Waals surface area contributed by atoms with E-state index in [1.807, 2.05) is 108 Å². The number of allylic oxidation sites excluding steroid dienone is 2. The van der Waals surface area contributed by atoms with E-state index in [2.05, 4.69) is 30.3 Å². The lowest BCUT2D eigenvalue weighted by molar-refractivity contribution is -0.145. The number of carbonyl (C=O) groups is 3. The molecule has 1 saturated heterocycles.